The molecule has 0 aromatic heterocycles. The van der Waals surface area contributed by atoms with Crippen molar-refractivity contribution in [3.05, 3.63) is 0 Å². The molecule has 0 aliphatic heterocycles. The second kappa shape index (κ2) is 6.97. The second-order valence-corrected chi connectivity index (χ2v) is 3.58. The summed E-state index contributed by atoms with van der Waals surface area (Å²) in [5.74, 6) is 6.05. The van der Waals surface area contributed by atoms with Crippen molar-refractivity contribution in [3.63, 3.8) is 0 Å². The van der Waals surface area contributed by atoms with Crippen LogP contribution in [0.15, 0.2) is 0 Å². The Morgan fingerprint density at radius 3 is 1.92 bits per heavy atom. The minimum atomic E-state index is -0.710. The molecule has 0 saturated heterocycles. The molecule has 0 radical (unpaired) electrons. The maximum absolute atomic E-state index is 10.1. The first-order valence-corrected chi connectivity index (χ1v) is 5.41. The Balaban J connectivity index is 4.15. The fourth-order valence-electron chi connectivity index (χ4n) is 1.43. The number of rotatable bonds is 5. The quantitative estimate of drug-likeness (QED) is 0.648. The van der Waals surface area contributed by atoms with Gasteiger partial charge in [-0.15, -0.1) is 5.92 Å². The minimum absolute atomic E-state index is 0.710. The molecule has 0 amide bonds. The number of hydrogen-bond acceptors (Lipinski definition) is 1. The molecule has 0 aliphatic rings. The molecular weight excluding hydrogens is 160 g/mol. The summed E-state index contributed by atoms with van der Waals surface area (Å²) in [6.07, 6.45) is 5.57. The van der Waals surface area contributed by atoms with Crippen molar-refractivity contribution in [2.75, 3.05) is 0 Å². The first kappa shape index (κ1) is 12.5. The van der Waals surface area contributed by atoms with Gasteiger partial charge in [-0.2, -0.15) is 0 Å². The van der Waals surface area contributed by atoms with Gasteiger partial charge in [-0.25, -0.2) is 0 Å². The van der Waals surface area contributed by atoms with Gasteiger partial charge in [-0.3, -0.25) is 0 Å². The van der Waals surface area contributed by atoms with Gasteiger partial charge in [0.2, 0.25) is 0 Å². The van der Waals surface area contributed by atoms with Crippen LogP contribution >= 0.6 is 0 Å². The highest BCUT2D eigenvalue weighted by Crippen LogP contribution is 2.18. The van der Waals surface area contributed by atoms with Gasteiger partial charge in [0.05, 0.1) is 0 Å². The first-order valence-electron chi connectivity index (χ1n) is 5.41. The molecular formula is C12H22O. The molecule has 0 fully saturated rings. The molecule has 0 rings (SSSR count). The van der Waals surface area contributed by atoms with E-state index in [9.17, 15) is 5.11 Å². The van der Waals surface area contributed by atoms with Gasteiger partial charge < -0.3 is 5.11 Å². The van der Waals surface area contributed by atoms with Gasteiger partial charge in [0.15, 0.2) is 0 Å². The number of aliphatic hydroxyl groups is 1. The van der Waals surface area contributed by atoms with Crippen LogP contribution in [0.25, 0.3) is 0 Å². The van der Waals surface area contributed by atoms with Crippen molar-refractivity contribution in [1.29, 1.82) is 0 Å². The van der Waals surface area contributed by atoms with E-state index in [1.807, 2.05) is 0 Å². The first-order chi connectivity index (χ1) is 6.18. The summed E-state index contributed by atoms with van der Waals surface area (Å²) in [5.41, 5.74) is -0.710. The smallest absolute Gasteiger partial charge is 0.125 e. The van der Waals surface area contributed by atoms with Crippen molar-refractivity contribution >= 4 is 0 Å². The van der Waals surface area contributed by atoms with E-state index in [4.69, 9.17) is 0 Å². The lowest BCUT2D eigenvalue weighted by Crippen LogP contribution is -2.25. The Morgan fingerprint density at radius 2 is 1.54 bits per heavy atom. The van der Waals surface area contributed by atoms with E-state index >= 15 is 0 Å². The van der Waals surface area contributed by atoms with Gasteiger partial charge in [-0.05, 0) is 19.3 Å². The Hall–Kier alpha value is -0.480. The summed E-state index contributed by atoms with van der Waals surface area (Å²) in [6.45, 7) is 6.28. The Labute approximate surface area is 82.5 Å². The van der Waals surface area contributed by atoms with Crippen molar-refractivity contribution in [2.45, 2.75) is 64.9 Å². The Morgan fingerprint density at radius 1 is 1.00 bits per heavy atom. The molecule has 0 unspecified atom stereocenters. The molecule has 0 aliphatic carbocycles. The van der Waals surface area contributed by atoms with Crippen LogP contribution in [-0.2, 0) is 0 Å². The van der Waals surface area contributed by atoms with Crippen LogP contribution < -0.4 is 0 Å². The van der Waals surface area contributed by atoms with E-state index < -0.39 is 5.60 Å². The molecule has 13 heavy (non-hydrogen) atoms. The summed E-state index contributed by atoms with van der Waals surface area (Å²) < 4.78 is 0. The van der Waals surface area contributed by atoms with E-state index in [1.54, 1.807) is 0 Å². The molecule has 0 aromatic rings. The molecule has 0 bridgehead atoms. The Bertz CT molecular complexity index is 167. The molecule has 0 spiro atoms. The third-order valence-corrected chi connectivity index (χ3v) is 2.02. The molecule has 76 valence electrons. The third-order valence-electron chi connectivity index (χ3n) is 2.02. The molecule has 1 N–H and O–H groups in total. The van der Waals surface area contributed by atoms with Crippen molar-refractivity contribution in [1.82, 2.24) is 0 Å². The normalized spacial score (nSPS) is 10.8. The largest absolute Gasteiger partial charge is 0.378 e. The van der Waals surface area contributed by atoms with Gasteiger partial charge in [-0.1, -0.05) is 39.5 Å². The van der Waals surface area contributed by atoms with Crippen LogP contribution in [0.1, 0.15) is 59.3 Å². The van der Waals surface area contributed by atoms with E-state index in [0.29, 0.717) is 0 Å². The minimum Gasteiger partial charge on any atom is -0.378 e. The second-order valence-electron chi connectivity index (χ2n) is 3.58. The summed E-state index contributed by atoms with van der Waals surface area (Å²) >= 11 is 0. The van der Waals surface area contributed by atoms with Crippen molar-refractivity contribution < 1.29 is 5.11 Å². The van der Waals surface area contributed by atoms with Crippen LogP contribution in [0.5, 0.6) is 0 Å². The monoisotopic (exact) mass is 182 g/mol. The molecule has 1 nitrogen and oxygen atoms in total. The maximum Gasteiger partial charge on any atom is 0.125 e. The highest BCUT2D eigenvalue weighted by molar-refractivity contribution is 5.13. The van der Waals surface area contributed by atoms with Gasteiger partial charge >= 0.3 is 0 Å². The fraction of sp³-hybridized carbons (Fsp3) is 0.833. The van der Waals surface area contributed by atoms with Gasteiger partial charge in [0.1, 0.15) is 5.60 Å². The van der Waals surface area contributed by atoms with E-state index in [0.717, 1.165) is 38.5 Å². The molecule has 0 saturated carbocycles. The topological polar surface area (TPSA) is 20.2 Å². The highest BCUT2D eigenvalue weighted by atomic mass is 16.3. The molecule has 0 aromatic carbocycles. The fourth-order valence-corrected chi connectivity index (χ4v) is 1.43. The predicted octanol–water partition coefficient (Wildman–Crippen LogP) is 3.12. The number of hydrogen-bond donors (Lipinski definition) is 1. The summed E-state index contributed by atoms with van der Waals surface area (Å²) in [6, 6.07) is 0. The zero-order chi connectivity index (χ0) is 10.2. The zero-order valence-electron chi connectivity index (χ0n) is 9.19. The summed E-state index contributed by atoms with van der Waals surface area (Å²) in [4.78, 5) is 0. The summed E-state index contributed by atoms with van der Waals surface area (Å²) in [7, 11) is 0. The maximum atomic E-state index is 10.1. The standard InChI is InChI=1S/C12H22O/c1-4-7-8-11-12(13,9-5-2)10-6-3/h13H,4-7,9-10H2,1-3H3. The third kappa shape index (κ3) is 5.71. The van der Waals surface area contributed by atoms with Crippen LogP contribution in [0.2, 0.25) is 0 Å². The summed E-state index contributed by atoms with van der Waals surface area (Å²) in [5, 5.41) is 10.1. The average molecular weight is 182 g/mol. The zero-order valence-corrected chi connectivity index (χ0v) is 9.19. The SMILES string of the molecule is CCCC#CC(O)(CCC)CCC. The predicted molar refractivity (Wildman–Crippen MR) is 57.4 cm³/mol. The van der Waals surface area contributed by atoms with Crippen molar-refractivity contribution in [2.24, 2.45) is 0 Å². The van der Waals surface area contributed by atoms with Crippen LogP contribution in [0.3, 0.4) is 0 Å². The van der Waals surface area contributed by atoms with Crippen LogP contribution in [-0.4, -0.2) is 10.7 Å². The van der Waals surface area contributed by atoms with Crippen molar-refractivity contribution in [3.8, 4) is 11.8 Å². The lowest BCUT2D eigenvalue weighted by atomic mass is 9.93. The molecule has 0 atom stereocenters. The number of unbranched alkanes of at least 4 members (excludes halogenated alkanes) is 1. The van der Waals surface area contributed by atoms with Crippen LogP contribution in [0.4, 0.5) is 0 Å². The lowest BCUT2D eigenvalue weighted by molar-refractivity contribution is 0.0806. The van der Waals surface area contributed by atoms with E-state index in [1.165, 1.54) is 0 Å². The molecule has 0 heterocycles. The van der Waals surface area contributed by atoms with Crippen LogP contribution in [0, 0.1) is 11.8 Å². The molecule has 1 heteroatoms. The lowest BCUT2D eigenvalue weighted by Gasteiger charge is -2.20. The van der Waals surface area contributed by atoms with Gasteiger partial charge in [0, 0.05) is 6.42 Å². The van der Waals surface area contributed by atoms with E-state index in [-0.39, 0.29) is 0 Å². The van der Waals surface area contributed by atoms with Gasteiger partial charge in [0.25, 0.3) is 0 Å². The highest BCUT2D eigenvalue weighted by Gasteiger charge is 2.20. The average Bonchev–Trinajstić information content (AvgIpc) is 2.05. The van der Waals surface area contributed by atoms with E-state index in [2.05, 4.69) is 32.6 Å². The Kier molecular flexibility index (Phi) is 6.72.